The van der Waals surface area contributed by atoms with Gasteiger partial charge in [0.1, 0.15) is 0 Å². The summed E-state index contributed by atoms with van der Waals surface area (Å²) >= 11 is 3.19. The minimum absolute atomic E-state index is 0.384. The van der Waals surface area contributed by atoms with Gasteiger partial charge in [-0.2, -0.15) is 13.2 Å². The average Bonchev–Trinajstić information content (AvgIpc) is 2.60. The number of nitrogen functional groups attached to an aromatic ring is 1. The Labute approximate surface area is 102 Å². The largest absolute Gasteiger partial charge is 0.438 e. The number of benzene rings is 1. The van der Waals surface area contributed by atoms with E-state index in [9.17, 15) is 13.2 Å². The Balaban J connectivity index is 2.53. The second-order valence-electron chi connectivity index (χ2n) is 3.17. The van der Waals surface area contributed by atoms with Crippen LogP contribution in [-0.2, 0) is 6.18 Å². The molecule has 2 N–H and O–H groups in total. The lowest BCUT2D eigenvalue weighted by Gasteiger charge is -2.02. The van der Waals surface area contributed by atoms with Crippen molar-refractivity contribution in [3.63, 3.8) is 0 Å². The third kappa shape index (κ3) is 2.26. The van der Waals surface area contributed by atoms with Crippen molar-refractivity contribution < 1.29 is 13.2 Å². The Kier molecular flexibility index (Phi) is 2.82. The first-order valence-electron chi connectivity index (χ1n) is 4.44. The topological polar surface area (TPSA) is 56.7 Å². The molecule has 0 aliphatic carbocycles. The number of nitrogens with two attached hydrogens (primary N) is 1. The van der Waals surface area contributed by atoms with Crippen molar-refractivity contribution in [3.8, 4) is 5.69 Å². The molecule has 0 aliphatic rings. The Morgan fingerprint density at radius 3 is 2.35 bits per heavy atom. The zero-order valence-electron chi connectivity index (χ0n) is 8.24. The van der Waals surface area contributed by atoms with Crippen LogP contribution < -0.4 is 5.73 Å². The summed E-state index contributed by atoms with van der Waals surface area (Å²) in [6.45, 7) is 0. The average molecular weight is 307 g/mol. The normalized spacial score (nSPS) is 11.8. The van der Waals surface area contributed by atoms with Crippen LogP contribution in [0.2, 0.25) is 0 Å². The second-order valence-corrected chi connectivity index (χ2v) is 4.03. The van der Waals surface area contributed by atoms with Crippen molar-refractivity contribution in [2.75, 3.05) is 5.73 Å². The smallest absolute Gasteiger partial charge is 0.380 e. The van der Waals surface area contributed by atoms with Gasteiger partial charge in [-0.05, 0) is 28.1 Å². The molecule has 8 heteroatoms. The van der Waals surface area contributed by atoms with E-state index >= 15 is 0 Å². The minimum atomic E-state index is -4.61. The summed E-state index contributed by atoms with van der Waals surface area (Å²) in [5.74, 6) is -0.645. The molecule has 0 saturated heterocycles. The van der Waals surface area contributed by atoms with E-state index in [0.717, 1.165) is 4.80 Å². The van der Waals surface area contributed by atoms with Gasteiger partial charge in [0.25, 0.3) is 0 Å². The highest BCUT2D eigenvalue weighted by atomic mass is 79.9. The Bertz CT molecular complexity index is 549. The molecule has 0 spiro atoms. The van der Waals surface area contributed by atoms with Gasteiger partial charge >= 0.3 is 6.18 Å². The Hall–Kier alpha value is -1.57. The maximum Gasteiger partial charge on any atom is 0.438 e. The highest BCUT2D eigenvalue weighted by Crippen LogP contribution is 2.31. The summed E-state index contributed by atoms with van der Waals surface area (Å²) < 4.78 is 38.0. The number of hydrogen-bond acceptors (Lipinski definition) is 3. The molecule has 90 valence electrons. The van der Waals surface area contributed by atoms with E-state index in [-0.39, 0.29) is 0 Å². The molecule has 0 fully saturated rings. The molecule has 0 saturated carbocycles. The number of alkyl halides is 3. The van der Waals surface area contributed by atoms with Crippen LogP contribution in [0.1, 0.15) is 5.69 Å². The van der Waals surface area contributed by atoms with E-state index in [0.29, 0.717) is 10.2 Å². The predicted molar refractivity (Wildman–Crippen MR) is 58.5 cm³/mol. The van der Waals surface area contributed by atoms with E-state index in [2.05, 4.69) is 26.1 Å². The molecular weight excluding hydrogens is 301 g/mol. The molecule has 0 unspecified atom stereocenters. The molecule has 1 aromatic heterocycles. The summed E-state index contributed by atoms with van der Waals surface area (Å²) in [6, 6.07) is 6.63. The highest BCUT2D eigenvalue weighted by Gasteiger charge is 2.38. The predicted octanol–water partition coefficient (Wildman–Crippen LogP) is 2.63. The number of aromatic nitrogens is 3. The molecule has 0 aliphatic heterocycles. The molecule has 0 amide bonds. The minimum Gasteiger partial charge on any atom is -0.380 e. The lowest BCUT2D eigenvalue weighted by Crippen LogP contribution is -2.09. The van der Waals surface area contributed by atoms with E-state index in [1.165, 1.54) is 0 Å². The van der Waals surface area contributed by atoms with Crippen LogP contribution in [0.4, 0.5) is 19.0 Å². The summed E-state index contributed by atoms with van der Waals surface area (Å²) in [5.41, 5.74) is 4.38. The second kappa shape index (κ2) is 4.02. The first-order chi connectivity index (χ1) is 7.89. The first kappa shape index (κ1) is 11.9. The fraction of sp³-hybridized carbons (Fsp3) is 0.111. The Morgan fingerprint density at radius 2 is 1.82 bits per heavy atom. The molecule has 0 radical (unpaired) electrons. The number of anilines is 1. The zero-order valence-corrected chi connectivity index (χ0v) is 9.83. The quantitative estimate of drug-likeness (QED) is 0.881. The van der Waals surface area contributed by atoms with E-state index in [1.54, 1.807) is 24.3 Å². The van der Waals surface area contributed by atoms with E-state index in [4.69, 9.17) is 5.73 Å². The molecule has 0 bridgehead atoms. The van der Waals surface area contributed by atoms with Crippen LogP contribution in [0, 0.1) is 0 Å². The van der Waals surface area contributed by atoms with Gasteiger partial charge in [0, 0.05) is 4.47 Å². The van der Waals surface area contributed by atoms with Crippen LogP contribution >= 0.6 is 15.9 Å². The molecule has 2 rings (SSSR count). The monoisotopic (exact) mass is 306 g/mol. The summed E-state index contributed by atoms with van der Waals surface area (Å²) in [4.78, 5) is 0.849. The van der Waals surface area contributed by atoms with Gasteiger partial charge in [0.2, 0.25) is 5.69 Å². The van der Waals surface area contributed by atoms with Gasteiger partial charge in [-0.25, -0.2) is 0 Å². The van der Waals surface area contributed by atoms with Gasteiger partial charge in [0.05, 0.1) is 5.69 Å². The number of rotatable bonds is 1. The molecule has 1 aromatic carbocycles. The summed E-state index contributed by atoms with van der Waals surface area (Å²) in [7, 11) is 0. The van der Waals surface area contributed by atoms with Crippen molar-refractivity contribution in [1.29, 1.82) is 0 Å². The molecule has 2 aromatic rings. The van der Waals surface area contributed by atoms with Gasteiger partial charge in [-0.1, -0.05) is 12.1 Å². The fourth-order valence-electron chi connectivity index (χ4n) is 1.24. The molecular formula is C9H6BrF3N4. The van der Waals surface area contributed by atoms with Gasteiger partial charge in [0.15, 0.2) is 5.82 Å². The number of nitrogens with zero attached hydrogens (tertiary/aromatic N) is 3. The van der Waals surface area contributed by atoms with Crippen LogP contribution in [0.5, 0.6) is 0 Å². The first-order valence-corrected chi connectivity index (χ1v) is 5.24. The SMILES string of the molecule is Nc1nn(-c2ccccc2Br)nc1C(F)(F)F. The lowest BCUT2D eigenvalue weighted by molar-refractivity contribution is -0.140. The van der Waals surface area contributed by atoms with Crippen molar-refractivity contribution >= 4 is 21.7 Å². The fourth-order valence-corrected chi connectivity index (χ4v) is 1.68. The summed E-state index contributed by atoms with van der Waals surface area (Å²) in [6.07, 6.45) is -4.61. The lowest BCUT2D eigenvalue weighted by atomic mass is 10.3. The number of hydrogen-bond donors (Lipinski definition) is 1. The third-order valence-corrected chi connectivity index (χ3v) is 2.65. The van der Waals surface area contributed by atoms with Crippen LogP contribution in [0.25, 0.3) is 5.69 Å². The molecule has 1 heterocycles. The van der Waals surface area contributed by atoms with Gasteiger partial charge in [-0.3, -0.25) is 0 Å². The van der Waals surface area contributed by atoms with Crippen LogP contribution in [0.3, 0.4) is 0 Å². The number of halogens is 4. The van der Waals surface area contributed by atoms with Gasteiger partial charge < -0.3 is 5.73 Å². The molecule has 0 atom stereocenters. The van der Waals surface area contributed by atoms with Crippen LogP contribution in [0.15, 0.2) is 28.7 Å². The Morgan fingerprint density at radius 1 is 1.18 bits per heavy atom. The van der Waals surface area contributed by atoms with Crippen molar-refractivity contribution in [1.82, 2.24) is 15.0 Å². The zero-order chi connectivity index (χ0) is 12.6. The van der Waals surface area contributed by atoms with Crippen molar-refractivity contribution in [2.24, 2.45) is 0 Å². The highest BCUT2D eigenvalue weighted by molar-refractivity contribution is 9.10. The summed E-state index contributed by atoms with van der Waals surface area (Å²) in [5, 5.41) is 6.88. The van der Waals surface area contributed by atoms with Crippen LogP contribution in [-0.4, -0.2) is 15.0 Å². The van der Waals surface area contributed by atoms with Crippen molar-refractivity contribution in [2.45, 2.75) is 6.18 Å². The number of para-hydroxylation sites is 1. The standard InChI is InChI=1S/C9H6BrF3N4/c10-5-3-1-2-4-6(5)17-15-7(8(14)16-17)9(11,12)13/h1-4H,(H2,14,16). The van der Waals surface area contributed by atoms with Gasteiger partial charge in [-0.15, -0.1) is 15.0 Å². The maximum absolute atomic E-state index is 12.5. The van der Waals surface area contributed by atoms with Crippen molar-refractivity contribution in [3.05, 3.63) is 34.4 Å². The maximum atomic E-state index is 12.5. The van der Waals surface area contributed by atoms with E-state index < -0.39 is 17.7 Å². The third-order valence-electron chi connectivity index (χ3n) is 1.98. The van der Waals surface area contributed by atoms with E-state index in [1.807, 2.05) is 0 Å². The molecule has 17 heavy (non-hydrogen) atoms. The molecule has 4 nitrogen and oxygen atoms in total.